The van der Waals surface area contributed by atoms with Crippen molar-refractivity contribution in [2.24, 2.45) is 0 Å². The van der Waals surface area contributed by atoms with Gasteiger partial charge in [0.25, 0.3) is 16.0 Å². The molecule has 0 saturated heterocycles. The Hall–Kier alpha value is -3.37. The van der Waals surface area contributed by atoms with E-state index in [2.05, 4.69) is 50.4 Å². The molecule has 3 rings (SSSR count). The van der Waals surface area contributed by atoms with Crippen molar-refractivity contribution in [3.8, 4) is 16.9 Å². The number of nitrogens with one attached hydrogen (secondary N) is 1. The van der Waals surface area contributed by atoms with Crippen molar-refractivity contribution in [1.82, 2.24) is 5.32 Å². The van der Waals surface area contributed by atoms with E-state index in [0.717, 1.165) is 22.3 Å². The molecule has 0 aromatic heterocycles. The number of rotatable bonds is 10. The number of alkyl halides is 3. The third kappa shape index (κ3) is 9.60. The van der Waals surface area contributed by atoms with Gasteiger partial charge in [-0.15, -0.1) is 0 Å². The summed E-state index contributed by atoms with van der Waals surface area (Å²) < 4.78 is 76.0. The lowest BCUT2D eigenvalue weighted by Gasteiger charge is -2.23. The Labute approximate surface area is 239 Å². The van der Waals surface area contributed by atoms with E-state index >= 15 is 0 Å². The van der Waals surface area contributed by atoms with E-state index in [1.54, 1.807) is 0 Å². The molecular weight excluding hydrogens is 555 g/mol. The highest BCUT2D eigenvalue weighted by Crippen LogP contribution is 2.36. The fourth-order valence-corrected chi connectivity index (χ4v) is 4.94. The topological polar surface area (TPSA) is 92.7 Å². The van der Waals surface area contributed by atoms with Gasteiger partial charge in [-0.05, 0) is 83.3 Å². The summed E-state index contributed by atoms with van der Waals surface area (Å²) in [6.07, 6.45) is -6.67. The van der Waals surface area contributed by atoms with Gasteiger partial charge in [-0.1, -0.05) is 57.2 Å². The molecule has 10 heteroatoms. The Bertz CT molecular complexity index is 1440. The van der Waals surface area contributed by atoms with Gasteiger partial charge in [-0.25, -0.2) is 0 Å². The van der Waals surface area contributed by atoms with E-state index in [-0.39, 0.29) is 23.9 Å². The maximum absolute atomic E-state index is 13.1. The van der Waals surface area contributed by atoms with Gasteiger partial charge in [-0.2, -0.15) is 21.6 Å². The zero-order chi connectivity index (χ0) is 30.6. The maximum atomic E-state index is 13.1. The monoisotopic (exact) mass is 591 g/mol. The van der Waals surface area contributed by atoms with Crippen LogP contribution in [0.3, 0.4) is 0 Å². The summed E-state index contributed by atoms with van der Waals surface area (Å²) in [5, 5.41) is 2.37. The fraction of sp³-hybridized carbons (Fsp3) is 0.387. The Balaban J connectivity index is 1.83. The van der Waals surface area contributed by atoms with Crippen LogP contribution in [0.1, 0.15) is 72.3 Å². The SMILES string of the molecule is Cc1cc(OC(CCC(F)(F)F)c2ccc(C(=O)NCCS(=O)(=O)O)cc2)cc(C)c1-c1ccc(C(C)(C)C)cc1. The van der Waals surface area contributed by atoms with Crippen molar-refractivity contribution < 1.29 is 35.7 Å². The van der Waals surface area contributed by atoms with E-state index in [1.807, 2.05) is 26.0 Å². The van der Waals surface area contributed by atoms with Gasteiger partial charge < -0.3 is 10.1 Å². The summed E-state index contributed by atoms with van der Waals surface area (Å²) in [6, 6.07) is 17.9. The van der Waals surface area contributed by atoms with Crippen LogP contribution in [0.4, 0.5) is 13.2 Å². The predicted octanol–water partition coefficient (Wildman–Crippen LogP) is 7.35. The van der Waals surface area contributed by atoms with Crippen LogP contribution in [0.15, 0.2) is 60.7 Å². The van der Waals surface area contributed by atoms with Crippen LogP contribution < -0.4 is 10.1 Å². The second-order valence-electron chi connectivity index (χ2n) is 11.2. The molecule has 0 aliphatic carbocycles. The Morgan fingerprint density at radius 2 is 1.51 bits per heavy atom. The molecule has 1 atom stereocenters. The number of carbonyl (C=O) groups is 1. The standard InChI is InChI=1S/C31H36F3NO5S/c1-20-18-26(19-21(2)28(20)23-10-12-25(13-11-23)30(3,4)5)40-27(14-15-31(32,33)34)22-6-8-24(9-7-22)29(36)35-16-17-41(37,38)39/h6-13,18-19,27H,14-17H2,1-5H3,(H,35,36)(H,37,38,39). The van der Waals surface area contributed by atoms with E-state index < -0.39 is 40.5 Å². The average Bonchev–Trinajstić information content (AvgIpc) is 2.84. The van der Waals surface area contributed by atoms with E-state index in [1.165, 1.54) is 29.8 Å². The first-order chi connectivity index (χ1) is 18.9. The lowest BCUT2D eigenvalue weighted by Crippen LogP contribution is -2.28. The quantitative estimate of drug-likeness (QED) is 0.241. The van der Waals surface area contributed by atoms with Gasteiger partial charge in [0.05, 0.1) is 5.75 Å². The van der Waals surface area contributed by atoms with E-state index in [9.17, 15) is 26.4 Å². The van der Waals surface area contributed by atoms with Crippen molar-refractivity contribution in [1.29, 1.82) is 0 Å². The first kappa shape index (κ1) is 32.1. The van der Waals surface area contributed by atoms with Crippen molar-refractivity contribution in [3.63, 3.8) is 0 Å². The molecule has 1 unspecified atom stereocenters. The first-order valence-electron chi connectivity index (χ1n) is 13.2. The van der Waals surface area contributed by atoms with Gasteiger partial charge in [0.1, 0.15) is 11.9 Å². The van der Waals surface area contributed by atoms with Gasteiger partial charge >= 0.3 is 6.18 Å². The Morgan fingerprint density at radius 1 is 0.951 bits per heavy atom. The number of halogens is 3. The third-order valence-electron chi connectivity index (χ3n) is 6.70. The van der Waals surface area contributed by atoms with Crippen LogP contribution in [0.2, 0.25) is 0 Å². The summed E-state index contributed by atoms with van der Waals surface area (Å²) in [5.41, 5.74) is 5.81. The van der Waals surface area contributed by atoms with Crippen LogP contribution in [-0.2, 0) is 15.5 Å². The normalized spacial score (nSPS) is 13.1. The minimum absolute atomic E-state index is 0.0246. The van der Waals surface area contributed by atoms with Gasteiger partial charge in [0.2, 0.25) is 0 Å². The highest BCUT2D eigenvalue weighted by atomic mass is 32.2. The minimum Gasteiger partial charge on any atom is -0.486 e. The molecule has 0 spiro atoms. The van der Waals surface area contributed by atoms with Crippen molar-refractivity contribution in [2.75, 3.05) is 12.3 Å². The number of ether oxygens (including phenoxy) is 1. The number of amides is 1. The van der Waals surface area contributed by atoms with Crippen molar-refractivity contribution in [3.05, 3.63) is 88.5 Å². The number of benzene rings is 3. The van der Waals surface area contributed by atoms with Crippen molar-refractivity contribution in [2.45, 2.75) is 65.2 Å². The van der Waals surface area contributed by atoms with Gasteiger partial charge in [0, 0.05) is 18.5 Å². The summed E-state index contributed by atoms with van der Waals surface area (Å²) in [7, 11) is -4.22. The smallest absolute Gasteiger partial charge is 0.389 e. The van der Waals surface area contributed by atoms with E-state index in [4.69, 9.17) is 9.29 Å². The summed E-state index contributed by atoms with van der Waals surface area (Å²) in [6.45, 7) is 10.0. The molecule has 1 amide bonds. The number of hydrogen-bond donors (Lipinski definition) is 2. The zero-order valence-corrected chi connectivity index (χ0v) is 24.6. The molecule has 41 heavy (non-hydrogen) atoms. The van der Waals surface area contributed by atoms with Crippen LogP contribution in [-0.4, -0.2) is 37.4 Å². The molecular formula is C31H36F3NO5S. The van der Waals surface area contributed by atoms with Gasteiger partial charge in [0.15, 0.2) is 0 Å². The number of carbonyl (C=O) groups excluding carboxylic acids is 1. The lowest BCUT2D eigenvalue weighted by molar-refractivity contribution is -0.139. The molecule has 0 saturated carbocycles. The largest absolute Gasteiger partial charge is 0.486 e. The summed E-state index contributed by atoms with van der Waals surface area (Å²) in [4.78, 5) is 12.3. The molecule has 0 aliphatic heterocycles. The molecule has 0 heterocycles. The molecule has 222 valence electrons. The van der Waals surface area contributed by atoms with Crippen LogP contribution >= 0.6 is 0 Å². The molecule has 0 radical (unpaired) electrons. The molecule has 3 aromatic carbocycles. The van der Waals surface area contributed by atoms with Crippen LogP contribution in [0.5, 0.6) is 5.75 Å². The second kappa shape index (κ2) is 12.7. The summed E-state index contributed by atoms with van der Waals surface area (Å²) in [5.74, 6) is -0.774. The predicted molar refractivity (Wildman–Crippen MR) is 154 cm³/mol. The molecule has 0 fully saturated rings. The molecule has 0 bridgehead atoms. The minimum atomic E-state index is -4.37. The van der Waals surface area contributed by atoms with Gasteiger partial charge in [-0.3, -0.25) is 9.35 Å². The molecule has 2 N–H and O–H groups in total. The second-order valence-corrected chi connectivity index (χ2v) is 12.8. The highest BCUT2D eigenvalue weighted by molar-refractivity contribution is 7.85. The average molecular weight is 592 g/mol. The third-order valence-corrected chi connectivity index (χ3v) is 7.42. The molecule has 3 aromatic rings. The van der Waals surface area contributed by atoms with Crippen molar-refractivity contribution >= 4 is 16.0 Å². The highest BCUT2D eigenvalue weighted by Gasteiger charge is 2.30. The Morgan fingerprint density at radius 3 is 2.00 bits per heavy atom. The summed E-state index contributed by atoms with van der Waals surface area (Å²) >= 11 is 0. The molecule has 6 nitrogen and oxygen atoms in total. The van der Waals surface area contributed by atoms with Crippen LogP contribution in [0.25, 0.3) is 11.1 Å². The van der Waals surface area contributed by atoms with Crippen LogP contribution in [0, 0.1) is 13.8 Å². The fourth-order valence-electron chi connectivity index (χ4n) is 4.58. The first-order valence-corrected chi connectivity index (χ1v) is 14.8. The molecule has 0 aliphatic rings. The maximum Gasteiger partial charge on any atom is 0.389 e. The number of hydrogen-bond acceptors (Lipinski definition) is 4. The lowest BCUT2D eigenvalue weighted by atomic mass is 9.85. The zero-order valence-electron chi connectivity index (χ0n) is 23.8. The number of aryl methyl sites for hydroxylation is 2. The Kier molecular flexibility index (Phi) is 9.92. The van der Waals surface area contributed by atoms with E-state index in [0.29, 0.717) is 11.3 Å².